The minimum atomic E-state index is -0.313. The fourth-order valence-corrected chi connectivity index (χ4v) is 2.44. The second-order valence-electron chi connectivity index (χ2n) is 4.48. The predicted octanol–water partition coefficient (Wildman–Crippen LogP) is 1.71. The molecule has 0 radical (unpaired) electrons. The quantitative estimate of drug-likeness (QED) is 0.695. The molecule has 90 valence electrons. The number of amides is 1. The van der Waals surface area contributed by atoms with Gasteiger partial charge in [0.25, 0.3) is 0 Å². The van der Waals surface area contributed by atoms with Gasteiger partial charge in [-0.05, 0) is 12.8 Å². The Kier molecular flexibility index (Phi) is 4.74. The highest BCUT2D eigenvalue weighted by Gasteiger charge is 2.41. The molecule has 0 aromatic heterocycles. The lowest BCUT2D eigenvalue weighted by molar-refractivity contribution is -0.140. The van der Waals surface area contributed by atoms with Gasteiger partial charge in [-0.2, -0.15) is 0 Å². The van der Waals surface area contributed by atoms with Gasteiger partial charge in [0.1, 0.15) is 0 Å². The molecule has 1 aliphatic carbocycles. The van der Waals surface area contributed by atoms with Crippen molar-refractivity contribution in [1.82, 2.24) is 4.90 Å². The van der Waals surface area contributed by atoms with E-state index >= 15 is 0 Å². The van der Waals surface area contributed by atoms with Crippen LogP contribution in [0.3, 0.4) is 0 Å². The first kappa shape index (κ1) is 13.0. The van der Waals surface area contributed by atoms with E-state index in [2.05, 4.69) is 13.2 Å². The zero-order valence-electron chi connectivity index (χ0n) is 9.95. The van der Waals surface area contributed by atoms with E-state index in [0.717, 1.165) is 25.7 Å². The van der Waals surface area contributed by atoms with Gasteiger partial charge in [-0.25, -0.2) is 0 Å². The van der Waals surface area contributed by atoms with E-state index < -0.39 is 0 Å². The molecule has 0 unspecified atom stereocenters. The molecule has 0 atom stereocenters. The van der Waals surface area contributed by atoms with Crippen molar-refractivity contribution < 1.29 is 4.79 Å². The number of hydrogen-bond donors (Lipinski definition) is 1. The van der Waals surface area contributed by atoms with Gasteiger partial charge in [-0.3, -0.25) is 4.79 Å². The molecule has 2 N–H and O–H groups in total. The van der Waals surface area contributed by atoms with Gasteiger partial charge in [0.15, 0.2) is 0 Å². The van der Waals surface area contributed by atoms with Gasteiger partial charge in [0.2, 0.25) is 5.91 Å². The number of carbonyl (C=O) groups excluding carboxylic acids is 1. The summed E-state index contributed by atoms with van der Waals surface area (Å²) in [6, 6.07) is 0. The van der Waals surface area contributed by atoms with Crippen LogP contribution < -0.4 is 5.73 Å². The van der Waals surface area contributed by atoms with Gasteiger partial charge in [0.05, 0.1) is 5.41 Å². The molecular formula is C13H22N2O. The molecule has 1 fully saturated rings. The third-order valence-electron chi connectivity index (χ3n) is 3.39. The number of carbonyl (C=O) groups is 1. The van der Waals surface area contributed by atoms with Crippen molar-refractivity contribution in [3.63, 3.8) is 0 Å². The molecule has 0 spiro atoms. The zero-order chi connectivity index (χ0) is 12.0. The average Bonchev–Trinajstić information content (AvgIpc) is 2.77. The Morgan fingerprint density at radius 2 is 1.75 bits per heavy atom. The molecule has 0 bridgehead atoms. The second kappa shape index (κ2) is 5.85. The van der Waals surface area contributed by atoms with E-state index in [1.165, 1.54) is 0 Å². The standard InChI is InChI=1S/C13H22N2O/c1-3-9-15(10-4-2)12(16)13(11-14)7-5-6-8-13/h3-4H,1-2,5-11,14H2. The van der Waals surface area contributed by atoms with Crippen LogP contribution in [0.4, 0.5) is 0 Å². The molecule has 0 heterocycles. The lowest BCUT2D eigenvalue weighted by Crippen LogP contribution is -2.46. The van der Waals surface area contributed by atoms with Crippen LogP contribution in [0.15, 0.2) is 25.3 Å². The molecule has 16 heavy (non-hydrogen) atoms. The summed E-state index contributed by atoms with van der Waals surface area (Å²) in [6.07, 6.45) is 7.57. The van der Waals surface area contributed by atoms with E-state index in [9.17, 15) is 4.79 Å². The summed E-state index contributed by atoms with van der Waals surface area (Å²) in [5.41, 5.74) is 5.49. The van der Waals surface area contributed by atoms with Gasteiger partial charge in [-0.1, -0.05) is 25.0 Å². The molecule has 1 amide bonds. The van der Waals surface area contributed by atoms with Crippen LogP contribution in [-0.4, -0.2) is 30.4 Å². The van der Waals surface area contributed by atoms with Crippen LogP contribution in [-0.2, 0) is 4.79 Å². The van der Waals surface area contributed by atoms with Crippen molar-refractivity contribution in [1.29, 1.82) is 0 Å². The largest absolute Gasteiger partial charge is 0.335 e. The van der Waals surface area contributed by atoms with E-state index in [4.69, 9.17) is 5.73 Å². The van der Waals surface area contributed by atoms with Crippen LogP contribution >= 0.6 is 0 Å². The fraction of sp³-hybridized carbons (Fsp3) is 0.615. The van der Waals surface area contributed by atoms with E-state index in [-0.39, 0.29) is 11.3 Å². The highest BCUT2D eigenvalue weighted by Crippen LogP contribution is 2.38. The highest BCUT2D eigenvalue weighted by atomic mass is 16.2. The third-order valence-corrected chi connectivity index (χ3v) is 3.39. The van der Waals surface area contributed by atoms with Gasteiger partial charge < -0.3 is 10.6 Å². The Balaban J connectivity index is 2.78. The van der Waals surface area contributed by atoms with Crippen LogP contribution in [0.5, 0.6) is 0 Å². The maximum Gasteiger partial charge on any atom is 0.230 e. The Morgan fingerprint density at radius 1 is 1.25 bits per heavy atom. The summed E-state index contributed by atoms with van der Waals surface area (Å²) < 4.78 is 0. The molecular weight excluding hydrogens is 200 g/mol. The lowest BCUT2D eigenvalue weighted by Gasteiger charge is -2.32. The van der Waals surface area contributed by atoms with Crippen molar-refractivity contribution in [3.05, 3.63) is 25.3 Å². The predicted molar refractivity (Wildman–Crippen MR) is 66.9 cm³/mol. The normalized spacial score (nSPS) is 18.1. The molecule has 0 saturated heterocycles. The maximum atomic E-state index is 12.4. The first-order valence-corrected chi connectivity index (χ1v) is 5.91. The average molecular weight is 222 g/mol. The summed E-state index contributed by atoms with van der Waals surface area (Å²) >= 11 is 0. The van der Waals surface area contributed by atoms with Crippen molar-refractivity contribution >= 4 is 5.91 Å². The Labute approximate surface area is 98.0 Å². The number of nitrogens with zero attached hydrogens (tertiary/aromatic N) is 1. The maximum absolute atomic E-state index is 12.4. The number of rotatable bonds is 6. The third kappa shape index (κ3) is 2.53. The number of hydrogen-bond acceptors (Lipinski definition) is 2. The minimum Gasteiger partial charge on any atom is -0.335 e. The molecule has 0 aromatic carbocycles. The van der Waals surface area contributed by atoms with Crippen molar-refractivity contribution in [2.75, 3.05) is 19.6 Å². The monoisotopic (exact) mass is 222 g/mol. The van der Waals surface area contributed by atoms with Crippen molar-refractivity contribution in [2.24, 2.45) is 11.1 Å². The Bertz CT molecular complexity index is 257. The van der Waals surface area contributed by atoms with E-state index in [1.807, 2.05) is 0 Å². The van der Waals surface area contributed by atoms with Crippen LogP contribution in [0.25, 0.3) is 0 Å². The first-order valence-electron chi connectivity index (χ1n) is 5.91. The molecule has 1 aliphatic rings. The Morgan fingerprint density at radius 3 is 2.12 bits per heavy atom. The van der Waals surface area contributed by atoms with Crippen LogP contribution in [0.1, 0.15) is 25.7 Å². The van der Waals surface area contributed by atoms with Gasteiger partial charge >= 0.3 is 0 Å². The van der Waals surface area contributed by atoms with Crippen LogP contribution in [0, 0.1) is 5.41 Å². The molecule has 0 aromatic rings. The Hall–Kier alpha value is -1.09. The summed E-state index contributed by atoms with van der Waals surface area (Å²) in [7, 11) is 0. The van der Waals surface area contributed by atoms with E-state index in [0.29, 0.717) is 19.6 Å². The highest BCUT2D eigenvalue weighted by molar-refractivity contribution is 5.83. The smallest absolute Gasteiger partial charge is 0.230 e. The SMILES string of the molecule is C=CCN(CC=C)C(=O)C1(CN)CCCC1. The molecule has 3 heteroatoms. The number of nitrogens with two attached hydrogens (primary N) is 1. The summed E-state index contributed by atoms with van der Waals surface area (Å²) in [5.74, 6) is 0.173. The van der Waals surface area contributed by atoms with Gasteiger partial charge in [0, 0.05) is 19.6 Å². The molecule has 0 aliphatic heterocycles. The molecule has 1 rings (SSSR count). The zero-order valence-corrected chi connectivity index (χ0v) is 9.95. The first-order chi connectivity index (χ1) is 7.70. The van der Waals surface area contributed by atoms with Crippen molar-refractivity contribution in [3.8, 4) is 0 Å². The molecule has 3 nitrogen and oxygen atoms in total. The fourth-order valence-electron chi connectivity index (χ4n) is 2.44. The summed E-state index contributed by atoms with van der Waals surface area (Å²) in [6.45, 7) is 8.97. The minimum absolute atomic E-state index is 0.173. The topological polar surface area (TPSA) is 46.3 Å². The lowest BCUT2D eigenvalue weighted by atomic mass is 9.84. The van der Waals surface area contributed by atoms with E-state index in [1.54, 1.807) is 17.1 Å². The van der Waals surface area contributed by atoms with Crippen LogP contribution in [0.2, 0.25) is 0 Å². The molecule has 1 saturated carbocycles. The summed E-state index contributed by atoms with van der Waals surface area (Å²) in [4.78, 5) is 14.2. The van der Waals surface area contributed by atoms with Gasteiger partial charge in [-0.15, -0.1) is 13.2 Å². The second-order valence-corrected chi connectivity index (χ2v) is 4.48. The summed E-state index contributed by atoms with van der Waals surface area (Å²) in [5, 5.41) is 0. The van der Waals surface area contributed by atoms with Crippen molar-refractivity contribution in [2.45, 2.75) is 25.7 Å².